The first-order valence-corrected chi connectivity index (χ1v) is 11.3. The van der Waals surface area contributed by atoms with Crippen LogP contribution >= 0.6 is 12.4 Å². The minimum atomic E-state index is -3.58. The lowest BCUT2D eigenvalue weighted by Gasteiger charge is -2.34. The van der Waals surface area contributed by atoms with Crippen molar-refractivity contribution in [2.24, 2.45) is 11.8 Å². The third-order valence-corrected chi connectivity index (χ3v) is 7.50. The zero-order valence-electron chi connectivity index (χ0n) is 16.9. The fourth-order valence-corrected chi connectivity index (χ4v) is 6.05. The molecule has 2 fully saturated rings. The maximum Gasteiger partial charge on any atom is 0.253 e. The molecule has 1 aromatic rings. The summed E-state index contributed by atoms with van der Waals surface area (Å²) in [5.41, 5.74) is 0.450. The first-order valence-electron chi connectivity index (χ1n) is 9.88. The van der Waals surface area contributed by atoms with Crippen molar-refractivity contribution in [1.82, 2.24) is 14.5 Å². The predicted molar refractivity (Wildman–Crippen MR) is 113 cm³/mol. The van der Waals surface area contributed by atoms with Gasteiger partial charge < -0.3 is 10.2 Å². The van der Waals surface area contributed by atoms with Gasteiger partial charge in [0, 0.05) is 37.8 Å². The van der Waals surface area contributed by atoms with E-state index in [1.807, 2.05) is 11.9 Å². The summed E-state index contributed by atoms with van der Waals surface area (Å²) in [6, 6.07) is 6.83. The van der Waals surface area contributed by atoms with E-state index in [9.17, 15) is 13.2 Å². The Balaban J connectivity index is 0.00000280. The second-order valence-electron chi connectivity index (χ2n) is 8.17. The third kappa shape index (κ3) is 5.06. The standard InChI is InChI=1S/C20H31N3O3S.ClH/c1-15-10-16(2)13-23(12-15)27(25,26)19-8-4-6-17(11-19)20(24)22-9-5-7-18(14-22)21-3;/h4,6,8,11,15-16,18,21H,5,7,9-10,12-14H2,1-3H3;1H. The maximum absolute atomic E-state index is 13.1. The Bertz CT molecular complexity index is 777. The van der Waals surface area contributed by atoms with Gasteiger partial charge in [0.15, 0.2) is 0 Å². The minimum Gasteiger partial charge on any atom is -0.337 e. The van der Waals surface area contributed by atoms with Crippen LogP contribution in [0.25, 0.3) is 0 Å². The maximum atomic E-state index is 13.1. The summed E-state index contributed by atoms with van der Waals surface area (Å²) in [5, 5.41) is 3.23. The number of carbonyl (C=O) groups excluding carboxylic acids is 1. The number of hydrogen-bond acceptors (Lipinski definition) is 4. The van der Waals surface area contributed by atoms with Gasteiger partial charge in [0.1, 0.15) is 0 Å². The van der Waals surface area contributed by atoms with Crippen LogP contribution in [0.3, 0.4) is 0 Å². The molecule has 2 heterocycles. The van der Waals surface area contributed by atoms with Gasteiger partial charge in [-0.3, -0.25) is 4.79 Å². The largest absolute Gasteiger partial charge is 0.337 e. The number of piperidine rings is 2. The highest BCUT2D eigenvalue weighted by Crippen LogP contribution is 2.27. The van der Waals surface area contributed by atoms with Crippen LogP contribution in [0, 0.1) is 11.8 Å². The average Bonchev–Trinajstić information content (AvgIpc) is 2.66. The fourth-order valence-electron chi connectivity index (χ4n) is 4.32. The topological polar surface area (TPSA) is 69.7 Å². The van der Waals surface area contributed by atoms with Crippen molar-refractivity contribution in [1.29, 1.82) is 0 Å². The smallest absolute Gasteiger partial charge is 0.253 e. The normalized spacial score (nSPS) is 26.5. The molecule has 158 valence electrons. The van der Waals surface area contributed by atoms with Crippen LogP contribution in [0.4, 0.5) is 0 Å². The van der Waals surface area contributed by atoms with Gasteiger partial charge in [-0.25, -0.2) is 8.42 Å². The molecule has 1 N–H and O–H groups in total. The van der Waals surface area contributed by atoms with Gasteiger partial charge in [-0.2, -0.15) is 4.31 Å². The van der Waals surface area contributed by atoms with E-state index in [2.05, 4.69) is 19.2 Å². The van der Waals surface area contributed by atoms with Gasteiger partial charge in [0.25, 0.3) is 5.91 Å². The van der Waals surface area contributed by atoms with Crippen LogP contribution in [-0.4, -0.2) is 62.8 Å². The lowest BCUT2D eigenvalue weighted by Crippen LogP contribution is -2.47. The molecule has 3 unspecified atom stereocenters. The molecule has 2 aliphatic heterocycles. The number of hydrogen-bond donors (Lipinski definition) is 1. The van der Waals surface area contributed by atoms with Crippen LogP contribution in [0.1, 0.15) is 43.5 Å². The SMILES string of the molecule is CNC1CCCN(C(=O)c2cccc(S(=O)(=O)N3CC(C)CC(C)C3)c2)C1.Cl. The van der Waals surface area contributed by atoms with Crippen LogP contribution < -0.4 is 5.32 Å². The van der Waals surface area contributed by atoms with Crippen molar-refractivity contribution in [3.63, 3.8) is 0 Å². The summed E-state index contributed by atoms with van der Waals surface area (Å²) in [6.45, 7) is 6.64. The second-order valence-corrected chi connectivity index (χ2v) is 10.1. The Morgan fingerprint density at radius 1 is 1.14 bits per heavy atom. The molecule has 2 aliphatic rings. The molecule has 0 aliphatic carbocycles. The van der Waals surface area contributed by atoms with E-state index in [4.69, 9.17) is 0 Å². The van der Waals surface area contributed by atoms with Crippen molar-refractivity contribution < 1.29 is 13.2 Å². The van der Waals surface area contributed by atoms with Crippen molar-refractivity contribution in [2.45, 2.75) is 44.0 Å². The Labute approximate surface area is 175 Å². The van der Waals surface area contributed by atoms with Gasteiger partial charge >= 0.3 is 0 Å². The van der Waals surface area contributed by atoms with E-state index < -0.39 is 10.0 Å². The molecule has 8 heteroatoms. The summed E-state index contributed by atoms with van der Waals surface area (Å²) >= 11 is 0. The van der Waals surface area contributed by atoms with Crippen molar-refractivity contribution in [3.8, 4) is 0 Å². The number of nitrogens with one attached hydrogen (secondary N) is 1. The summed E-state index contributed by atoms with van der Waals surface area (Å²) in [7, 11) is -1.67. The summed E-state index contributed by atoms with van der Waals surface area (Å²) in [4.78, 5) is 15.0. The molecule has 0 spiro atoms. The van der Waals surface area contributed by atoms with Crippen LogP contribution in [-0.2, 0) is 10.0 Å². The number of halogens is 1. The predicted octanol–water partition coefficient (Wildman–Crippen LogP) is 2.60. The third-order valence-electron chi connectivity index (χ3n) is 5.67. The number of likely N-dealkylation sites (tertiary alicyclic amines) is 1. The molecular weight excluding hydrogens is 398 g/mol. The lowest BCUT2D eigenvalue weighted by molar-refractivity contribution is 0.0698. The van der Waals surface area contributed by atoms with Gasteiger partial charge in [0.2, 0.25) is 10.0 Å². The lowest BCUT2D eigenvalue weighted by atomic mass is 9.94. The number of carbonyl (C=O) groups is 1. The first kappa shape index (κ1) is 23.1. The summed E-state index contributed by atoms with van der Waals surface area (Å²) < 4.78 is 27.8. The van der Waals surface area contributed by atoms with Gasteiger partial charge in [-0.15, -0.1) is 12.4 Å². The number of amides is 1. The van der Waals surface area contributed by atoms with Gasteiger partial charge in [-0.05, 0) is 56.3 Å². The van der Waals surface area contributed by atoms with Crippen LogP contribution in [0.2, 0.25) is 0 Å². The minimum absolute atomic E-state index is 0. The molecule has 0 radical (unpaired) electrons. The Kier molecular flexibility index (Phi) is 7.90. The van der Waals surface area contributed by atoms with Crippen LogP contribution in [0.15, 0.2) is 29.2 Å². The van der Waals surface area contributed by atoms with Crippen LogP contribution in [0.5, 0.6) is 0 Å². The molecule has 0 saturated carbocycles. The monoisotopic (exact) mass is 429 g/mol. The van der Waals surface area contributed by atoms with E-state index >= 15 is 0 Å². The summed E-state index contributed by atoms with van der Waals surface area (Å²) in [6.07, 6.45) is 3.06. The second kappa shape index (κ2) is 9.57. The average molecular weight is 430 g/mol. The molecule has 1 amide bonds. The van der Waals surface area contributed by atoms with E-state index in [-0.39, 0.29) is 23.2 Å². The fraction of sp³-hybridized carbons (Fsp3) is 0.650. The van der Waals surface area contributed by atoms with Gasteiger partial charge in [0.05, 0.1) is 4.90 Å². The number of sulfonamides is 1. The van der Waals surface area contributed by atoms with E-state index in [0.29, 0.717) is 43.1 Å². The van der Waals surface area contributed by atoms with Crippen molar-refractivity contribution >= 4 is 28.3 Å². The molecule has 6 nitrogen and oxygen atoms in total. The first-order chi connectivity index (χ1) is 12.8. The zero-order chi connectivity index (χ0) is 19.6. The highest BCUT2D eigenvalue weighted by molar-refractivity contribution is 7.89. The molecule has 0 bridgehead atoms. The molecule has 3 atom stereocenters. The Morgan fingerprint density at radius 2 is 1.82 bits per heavy atom. The van der Waals surface area contributed by atoms with E-state index in [1.54, 1.807) is 28.6 Å². The Hall–Kier alpha value is -1.15. The quantitative estimate of drug-likeness (QED) is 0.798. The van der Waals surface area contributed by atoms with Gasteiger partial charge in [-0.1, -0.05) is 19.9 Å². The molecule has 2 saturated heterocycles. The highest BCUT2D eigenvalue weighted by Gasteiger charge is 2.32. The Morgan fingerprint density at radius 3 is 2.46 bits per heavy atom. The molecule has 0 aromatic heterocycles. The zero-order valence-corrected chi connectivity index (χ0v) is 18.6. The number of benzene rings is 1. The molecular formula is C20H32ClN3O3S. The molecule has 3 rings (SSSR count). The number of rotatable bonds is 4. The van der Waals surface area contributed by atoms with E-state index in [1.165, 1.54) is 0 Å². The molecule has 1 aromatic carbocycles. The molecule has 28 heavy (non-hydrogen) atoms. The number of likely N-dealkylation sites (N-methyl/N-ethyl adjacent to an activating group) is 1. The highest BCUT2D eigenvalue weighted by atomic mass is 35.5. The summed E-state index contributed by atoms with van der Waals surface area (Å²) in [5.74, 6) is 0.604. The number of nitrogens with zero attached hydrogens (tertiary/aromatic N) is 2. The van der Waals surface area contributed by atoms with Crippen molar-refractivity contribution in [3.05, 3.63) is 29.8 Å². The van der Waals surface area contributed by atoms with E-state index in [0.717, 1.165) is 25.8 Å². The van der Waals surface area contributed by atoms with Crippen molar-refractivity contribution in [2.75, 3.05) is 33.2 Å².